The lowest BCUT2D eigenvalue weighted by Crippen LogP contribution is -2.56. The molecule has 0 saturated heterocycles. The maximum absolute atomic E-state index is 13.2. The van der Waals surface area contributed by atoms with Crippen molar-refractivity contribution in [3.8, 4) is 0 Å². The van der Waals surface area contributed by atoms with Crippen molar-refractivity contribution in [3.63, 3.8) is 0 Å². The predicted molar refractivity (Wildman–Crippen MR) is 142 cm³/mol. The Balaban J connectivity index is 3.01. The fraction of sp³-hybridized carbons (Fsp3) is 0.615. The summed E-state index contributed by atoms with van der Waals surface area (Å²) in [6.45, 7) is 9.07. The van der Waals surface area contributed by atoms with Crippen molar-refractivity contribution in [1.82, 2.24) is 16.0 Å². The molecule has 0 aromatic heterocycles. The summed E-state index contributed by atoms with van der Waals surface area (Å²) >= 11 is 1.54. The number of nitrogens with one attached hydrogen (secondary N) is 3. The summed E-state index contributed by atoms with van der Waals surface area (Å²) in [7, 11) is 1.26. The Labute approximate surface area is 218 Å². The van der Waals surface area contributed by atoms with Crippen LogP contribution in [0.3, 0.4) is 0 Å². The van der Waals surface area contributed by atoms with Crippen LogP contribution in [0.15, 0.2) is 30.3 Å². The van der Waals surface area contributed by atoms with Gasteiger partial charge >= 0.3 is 12.1 Å². The molecule has 202 valence electrons. The van der Waals surface area contributed by atoms with E-state index in [9.17, 15) is 19.2 Å². The number of thioether (sulfide) groups is 1. The molecule has 1 rings (SSSR count). The second-order valence-electron chi connectivity index (χ2n) is 9.95. The molecule has 3 amide bonds. The molecule has 3 unspecified atom stereocenters. The maximum Gasteiger partial charge on any atom is 0.408 e. The number of methoxy groups -OCH3 is 1. The van der Waals surface area contributed by atoms with Gasteiger partial charge in [0.05, 0.1) is 7.11 Å². The van der Waals surface area contributed by atoms with Gasteiger partial charge in [0.15, 0.2) is 0 Å². The largest absolute Gasteiger partial charge is 0.467 e. The summed E-state index contributed by atoms with van der Waals surface area (Å²) in [6, 6.07) is 6.57. The highest BCUT2D eigenvalue weighted by Gasteiger charge is 2.31. The van der Waals surface area contributed by atoms with Crippen LogP contribution in [0.5, 0.6) is 0 Å². The van der Waals surface area contributed by atoms with Crippen LogP contribution >= 0.6 is 11.8 Å². The summed E-state index contributed by atoms with van der Waals surface area (Å²) < 4.78 is 10.2. The lowest BCUT2D eigenvalue weighted by atomic mass is 10.0. The van der Waals surface area contributed by atoms with E-state index in [0.29, 0.717) is 18.6 Å². The predicted octanol–water partition coefficient (Wildman–Crippen LogP) is 3.06. The third-order valence-electron chi connectivity index (χ3n) is 5.04. The van der Waals surface area contributed by atoms with E-state index >= 15 is 0 Å². The van der Waals surface area contributed by atoms with Gasteiger partial charge < -0.3 is 25.4 Å². The third kappa shape index (κ3) is 12.3. The Hall–Kier alpha value is -2.75. The van der Waals surface area contributed by atoms with Gasteiger partial charge in [-0.2, -0.15) is 11.8 Å². The number of alkyl carbamates (subject to hydrolysis) is 1. The number of amides is 3. The molecule has 0 heterocycles. The molecule has 36 heavy (non-hydrogen) atoms. The first-order valence-corrected chi connectivity index (χ1v) is 13.5. The minimum atomic E-state index is -0.913. The maximum atomic E-state index is 13.2. The second kappa shape index (κ2) is 15.4. The van der Waals surface area contributed by atoms with Crippen molar-refractivity contribution in [3.05, 3.63) is 35.9 Å². The van der Waals surface area contributed by atoms with Gasteiger partial charge in [0, 0.05) is 6.42 Å². The number of carbonyl (C=O) groups is 4. The molecule has 0 fully saturated rings. The van der Waals surface area contributed by atoms with Gasteiger partial charge in [-0.3, -0.25) is 9.59 Å². The fourth-order valence-electron chi connectivity index (χ4n) is 3.39. The van der Waals surface area contributed by atoms with Gasteiger partial charge in [0.2, 0.25) is 11.8 Å². The van der Waals surface area contributed by atoms with Crippen LogP contribution in [0, 0.1) is 5.92 Å². The summed E-state index contributed by atoms with van der Waals surface area (Å²) in [5.41, 5.74) is 0.142. The first kappa shape index (κ1) is 31.3. The highest BCUT2D eigenvalue weighted by molar-refractivity contribution is 7.98. The monoisotopic (exact) mass is 523 g/mol. The average Bonchev–Trinajstić information content (AvgIpc) is 2.79. The lowest BCUT2D eigenvalue weighted by molar-refractivity contribution is -0.145. The van der Waals surface area contributed by atoms with Crippen LogP contribution in [-0.2, 0) is 30.3 Å². The van der Waals surface area contributed by atoms with Gasteiger partial charge in [-0.05, 0) is 57.1 Å². The van der Waals surface area contributed by atoms with Crippen molar-refractivity contribution in [2.24, 2.45) is 5.92 Å². The molecule has 0 bridgehead atoms. The number of hydrogen-bond donors (Lipinski definition) is 3. The quantitative estimate of drug-likeness (QED) is 0.340. The van der Waals surface area contributed by atoms with Crippen molar-refractivity contribution in [2.75, 3.05) is 19.1 Å². The van der Waals surface area contributed by atoms with E-state index in [0.717, 1.165) is 5.56 Å². The summed E-state index contributed by atoms with van der Waals surface area (Å²) in [5.74, 6) is -0.865. The number of ether oxygens (including phenoxy) is 2. The lowest BCUT2D eigenvalue weighted by Gasteiger charge is -2.27. The van der Waals surface area contributed by atoms with Crippen molar-refractivity contribution >= 4 is 35.6 Å². The molecule has 3 N–H and O–H groups in total. The molecule has 3 atom stereocenters. The van der Waals surface area contributed by atoms with Crippen LogP contribution in [0.4, 0.5) is 4.79 Å². The van der Waals surface area contributed by atoms with Crippen molar-refractivity contribution in [1.29, 1.82) is 0 Å². The van der Waals surface area contributed by atoms with E-state index in [1.54, 1.807) is 20.8 Å². The number of hydrogen-bond acceptors (Lipinski definition) is 7. The molecule has 1 aromatic rings. The van der Waals surface area contributed by atoms with Crippen molar-refractivity contribution in [2.45, 2.75) is 77.6 Å². The van der Waals surface area contributed by atoms with Crippen LogP contribution in [-0.4, -0.2) is 66.7 Å². The van der Waals surface area contributed by atoms with Crippen LogP contribution in [0.2, 0.25) is 0 Å². The van der Waals surface area contributed by atoms with Gasteiger partial charge in [-0.25, -0.2) is 9.59 Å². The topological polar surface area (TPSA) is 123 Å². The fourth-order valence-corrected chi connectivity index (χ4v) is 3.86. The first-order chi connectivity index (χ1) is 16.9. The highest BCUT2D eigenvalue weighted by atomic mass is 32.2. The normalized spacial score (nSPS) is 13.8. The Morgan fingerprint density at radius 1 is 0.917 bits per heavy atom. The Bertz CT molecular complexity index is 857. The number of esters is 1. The smallest absolute Gasteiger partial charge is 0.408 e. The average molecular weight is 524 g/mol. The molecule has 0 radical (unpaired) electrons. The Morgan fingerprint density at radius 2 is 1.50 bits per heavy atom. The van der Waals surface area contributed by atoms with Gasteiger partial charge in [0.1, 0.15) is 23.7 Å². The Kier molecular flexibility index (Phi) is 13.4. The van der Waals surface area contributed by atoms with E-state index in [1.807, 2.05) is 50.4 Å². The highest BCUT2D eigenvalue weighted by Crippen LogP contribution is 2.11. The zero-order chi connectivity index (χ0) is 27.3. The summed E-state index contributed by atoms with van der Waals surface area (Å²) in [5, 5.41) is 8.12. The molecular weight excluding hydrogens is 482 g/mol. The first-order valence-electron chi connectivity index (χ1n) is 12.1. The third-order valence-corrected chi connectivity index (χ3v) is 5.69. The number of carbonyl (C=O) groups excluding carboxylic acids is 4. The zero-order valence-corrected chi connectivity index (χ0v) is 23.2. The zero-order valence-electron chi connectivity index (χ0n) is 22.4. The Morgan fingerprint density at radius 3 is 2.03 bits per heavy atom. The minimum absolute atomic E-state index is 0.0789. The minimum Gasteiger partial charge on any atom is -0.467 e. The number of benzene rings is 1. The van der Waals surface area contributed by atoms with E-state index in [1.165, 1.54) is 18.9 Å². The summed E-state index contributed by atoms with van der Waals surface area (Å²) in [6.07, 6.45) is 2.15. The van der Waals surface area contributed by atoms with Crippen LogP contribution in [0.1, 0.15) is 53.0 Å². The van der Waals surface area contributed by atoms with Gasteiger partial charge in [-0.15, -0.1) is 0 Å². The number of rotatable bonds is 13. The van der Waals surface area contributed by atoms with E-state index < -0.39 is 47.6 Å². The standard InChI is InChI=1S/C26H41N3O6S/c1-17(2)15-20(23(31)28-21(24(32)34-6)16-18-11-9-8-10-12-18)27-22(30)19(13-14-36-7)29-25(33)35-26(3,4)5/h8-12,17,19-21H,13-16H2,1-7H3,(H,27,30)(H,28,31)(H,29,33). The van der Waals surface area contributed by atoms with Crippen molar-refractivity contribution < 1.29 is 28.7 Å². The SMILES string of the molecule is COC(=O)C(Cc1ccccc1)NC(=O)C(CC(C)C)NC(=O)C(CCSC)NC(=O)OC(C)(C)C. The van der Waals surface area contributed by atoms with E-state index in [4.69, 9.17) is 9.47 Å². The molecule has 9 nitrogen and oxygen atoms in total. The second-order valence-corrected chi connectivity index (χ2v) is 10.9. The molecule has 0 spiro atoms. The molecule has 0 aliphatic rings. The molecule has 0 aliphatic carbocycles. The molecular formula is C26H41N3O6S. The van der Waals surface area contributed by atoms with Crippen LogP contribution in [0.25, 0.3) is 0 Å². The molecule has 0 saturated carbocycles. The van der Waals surface area contributed by atoms with E-state index in [2.05, 4.69) is 16.0 Å². The van der Waals surface area contributed by atoms with Gasteiger partial charge in [-0.1, -0.05) is 44.2 Å². The van der Waals surface area contributed by atoms with Gasteiger partial charge in [0.25, 0.3) is 0 Å². The van der Waals surface area contributed by atoms with E-state index in [-0.39, 0.29) is 12.3 Å². The summed E-state index contributed by atoms with van der Waals surface area (Å²) in [4.78, 5) is 51.1. The molecule has 10 heteroatoms. The molecule has 1 aromatic carbocycles. The molecule has 0 aliphatic heterocycles. The van der Waals surface area contributed by atoms with Crippen LogP contribution < -0.4 is 16.0 Å².